The lowest BCUT2D eigenvalue weighted by molar-refractivity contribution is -0.118. The minimum Gasteiger partial charge on any atom is -0.482 e. The molecule has 2 N–H and O–H groups in total. The van der Waals surface area contributed by atoms with Gasteiger partial charge in [0, 0.05) is 12.1 Å². The molecular formula is C13H13ClN2O3. The lowest BCUT2D eigenvalue weighted by Gasteiger charge is -2.19. The largest absolute Gasteiger partial charge is 0.482 e. The lowest BCUT2D eigenvalue weighted by atomic mass is 10.2. The Bertz CT molecular complexity index is 577. The molecular weight excluding hydrogens is 268 g/mol. The van der Waals surface area contributed by atoms with Crippen molar-refractivity contribution in [2.24, 2.45) is 0 Å². The van der Waals surface area contributed by atoms with Crippen molar-refractivity contribution >= 4 is 34.8 Å². The van der Waals surface area contributed by atoms with Crippen molar-refractivity contribution < 1.29 is 14.3 Å². The number of hydrogen-bond acceptors (Lipinski definition) is 3. The number of carbonyl (C=O) groups is 2. The molecule has 1 aliphatic heterocycles. The SMILES string of the molecule is CC(C)=CC(=O)Nc1cc2c(cc1Cl)NC(=O)CO2. The van der Waals surface area contributed by atoms with Crippen molar-refractivity contribution in [1.29, 1.82) is 0 Å². The minimum absolute atomic E-state index is 0.0456. The molecule has 0 aromatic heterocycles. The van der Waals surface area contributed by atoms with Crippen molar-refractivity contribution in [3.8, 4) is 5.75 Å². The molecule has 0 radical (unpaired) electrons. The van der Waals surface area contributed by atoms with Gasteiger partial charge in [-0.25, -0.2) is 0 Å². The van der Waals surface area contributed by atoms with Crippen LogP contribution in [0.4, 0.5) is 11.4 Å². The zero-order valence-corrected chi connectivity index (χ0v) is 11.3. The van der Waals surface area contributed by atoms with E-state index in [0.717, 1.165) is 5.57 Å². The quantitative estimate of drug-likeness (QED) is 0.818. The molecule has 19 heavy (non-hydrogen) atoms. The van der Waals surface area contributed by atoms with E-state index < -0.39 is 0 Å². The van der Waals surface area contributed by atoms with Gasteiger partial charge in [-0.05, 0) is 19.9 Å². The highest BCUT2D eigenvalue weighted by Crippen LogP contribution is 2.36. The molecule has 1 heterocycles. The average molecular weight is 281 g/mol. The number of rotatable bonds is 2. The van der Waals surface area contributed by atoms with Crippen molar-refractivity contribution in [3.05, 3.63) is 28.8 Å². The summed E-state index contributed by atoms with van der Waals surface area (Å²) in [5, 5.41) is 5.64. The molecule has 100 valence electrons. The molecule has 0 saturated carbocycles. The van der Waals surface area contributed by atoms with Crippen LogP contribution in [0.15, 0.2) is 23.8 Å². The van der Waals surface area contributed by atoms with Crippen LogP contribution in [0.5, 0.6) is 5.75 Å². The number of allylic oxidation sites excluding steroid dienone is 1. The van der Waals surface area contributed by atoms with E-state index in [4.69, 9.17) is 16.3 Å². The van der Waals surface area contributed by atoms with Crippen LogP contribution in [0.3, 0.4) is 0 Å². The number of benzene rings is 1. The van der Waals surface area contributed by atoms with Crippen LogP contribution in [-0.4, -0.2) is 18.4 Å². The average Bonchev–Trinajstić information content (AvgIpc) is 2.29. The summed E-state index contributed by atoms with van der Waals surface area (Å²) in [7, 11) is 0. The molecule has 2 amide bonds. The van der Waals surface area contributed by atoms with Gasteiger partial charge in [0.05, 0.1) is 16.4 Å². The smallest absolute Gasteiger partial charge is 0.262 e. The summed E-state index contributed by atoms with van der Waals surface area (Å²) in [4.78, 5) is 22.8. The van der Waals surface area contributed by atoms with Gasteiger partial charge in [0.15, 0.2) is 6.61 Å². The van der Waals surface area contributed by atoms with Crippen LogP contribution in [-0.2, 0) is 9.59 Å². The van der Waals surface area contributed by atoms with Gasteiger partial charge in [-0.15, -0.1) is 0 Å². The highest BCUT2D eigenvalue weighted by molar-refractivity contribution is 6.34. The number of carbonyl (C=O) groups excluding carboxylic acids is 2. The van der Waals surface area contributed by atoms with Crippen molar-refractivity contribution in [2.45, 2.75) is 13.8 Å². The molecule has 6 heteroatoms. The number of anilines is 2. The summed E-state index contributed by atoms with van der Waals surface area (Å²) in [6.07, 6.45) is 1.47. The second-order valence-corrected chi connectivity index (χ2v) is 4.78. The first-order valence-corrected chi connectivity index (χ1v) is 6.05. The zero-order valence-electron chi connectivity index (χ0n) is 10.5. The third kappa shape index (κ3) is 3.26. The Kier molecular flexibility index (Phi) is 3.76. The molecule has 2 rings (SSSR count). The fourth-order valence-electron chi connectivity index (χ4n) is 1.63. The third-order valence-corrected chi connectivity index (χ3v) is 2.69. The maximum Gasteiger partial charge on any atom is 0.262 e. The van der Waals surface area contributed by atoms with Crippen molar-refractivity contribution in [2.75, 3.05) is 17.2 Å². The Hall–Kier alpha value is -2.01. The van der Waals surface area contributed by atoms with Gasteiger partial charge >= 0.3 is 0 Å². The van der Waals surface area contributed by atoms with E-state index in [1.807, 2.05) is 13.8 Å². The van der Waals surface area contributed by atoms with E-state index in [-0.39, 0.29) is 18.4 Å². The minimum atomic E-state index is -0.262. The summed E-state index contributed by atoms with van der Waals surface area (Å²) in [5.41, 5.74) is 1.83. The molecule has 0 aliphatic carbocycles. The number of nitrogens with one attached hydrogen (secondary N) is 2. The second-order valence-electron chi connectivity index (χ2n) is 4.38. The molecule has 0 fully saturated rings. The summed E-state index contributed by atoms with van der Waals surface area (Å²) in [6.45, 7) is 3.61. The number of amides is 2. The Morgan fingerprint density at radius 3 is 2.89 bits per heavy atom. The monoisotopic (exact) mass is 280 g/mol. The fraction of sp³-hybridized carbons (Fsp3) is 0.231. The van der Waals surface area contributed by atoms with Gasteiger partial charge in [-0.2, -0.15) is 0 Å². The van der Waals surface area contributed by atoms with Gasteiger partial charge in [0.1, 0.15) is 5.75 Å². The predicted molar refractivity (Wildman–Crippen MR) is 73.6 cm³/mol. The molecule has 5 nitrogen and oxygen atoms in total. The maximum atomic E-state index is 11.6. The summed E-state index contributed by atoms with van der Waals surface area (Å²) in [6, 6.07) is 3.14. The second kappa shape index (κ2) is 5.32. The molecule has 0 bridgehead atoms. The van der Waals surface area contributed by atoms with Gasteiger partial charge in [-0.1, -0.05) is 17.2 Å². The highest BCUT2D eigenvalue weighted by Gasteiger charge is 2.18. The van der Waals surface area contributed by atoms with Gasteiger partial charge in [0.2, 0.25) is 5.91 Å². The molecule has 1 aliphatic rings. The standard InChI is InChI=1S/C13H13ClN2O3/c1-7(2)3-12(17)15-9-5-11-10(4-8(9)14)16-13(18)6-19-11/h3-5H,6H2,1-2H3,(H,15,17)(H,16,18). The first-order valence-electron chi connectivity index (χ1n) is 5.68. The predicted octanol–water partition coefficient (Wildman–Crippen LogP) is 2.58. The van der Waals surface area contributed by atoms with E-state index >= 15 is 0 Å². The molecule has 1 aromatic rings. The number of halogens is 1. The zero-order chi connectivity index (χ0) is 14.0. The van der Waals surface area contributed by atoms with Gasteiger partial charge in [-0.3, -0.25) is 9.59 Å². The van der Waals surface area contributed by atoms with E-state index in [0.29, 0.717) is 22.1 Å². The Morgan fingerprint density at radius 1 is 1.47 bits per heavy atom. The van der Waals surface area contributed by atoms with Crippen molar-refractivity contribution in [1.82, 2.24) is 0 Å². The summed E-state index contributed by atoms with van der Waals surface area (Å²) < 4.78 is 5.26. The van der Waals surface area contributed by atoms with Crippen LogP contribution in [0.2, 0.25) is 5.02 Å². The van der Waals surface area contributed by atoms with Crippen molar-refractivity contribution in [3.63, 3.8) is 0 Å². The van der Waals surface area contributed by atoms with Gasteiger partial charge < -0.3 is 15.4 Å². The molecule has 1 aromatic carbocycles. The highest BCUT2D eigenvalue weighted by atomic mass is 35.5. The Morgan fingerprint density at radius 2 is 2.21 bits per heavy atom. The summed E-state index contributed by atoms with van der Waals surface area (Å²) in [5.74, 6) is -0.0110. The summed E-state index contributed by atoms with van der Waals surface area (Å²) >= 11 is 6.05. The van der Waals surface area contributed by atoms with Crippen LogP contribution in [0, 0.1) is 0 Å². The lowest BCUT2D eigenvalue weighted by Crippen LogP contribution is -2.25. The number of ether oxygens (including phenoxy) is 1. The number of fused-ring (bicyclic) bond motifs is 1. The number of hydrogen-bond donors (Lipinski definition) is 2. The van der Waals surface area contributed by atoms with Crippen LogP contribution >= 0.6 is 11.6 Å². The van der Waals surface area contributed by atoms with E-state index in [2.05, 4.69) is 10.6 Å². The van der Waals surface area contributed by atoms with Crippen LogP contribution < -0.4 is 15.4 Å². The van der Waals surface area contributed by atoms with Gasteiger partial charge in [0.25, 0.3) is 5.91 Å². The fourth-order valence-corrected chi connectivity index (χ4v) is 1.84. The van der Waals surface area contributed by atoms with Crippen LogP contribution in [0.1, 0.15) is 13.8 Å². The van der Waals surface area contributed by atoms with E-state index in [1.165, 1.54) is 6.08 Å². The molecule has 0 spiro atoms. The first-order chi connectivity index (χ1) is 8.95. The molecule has 0 atom stereocenters. The van der Waals surface area contributed by atoms with E-state index in [1.54, 1.807) is 12.1 Å². The third-order valence-electron chi connectivity index (χ3n) is 2.38. The van der Waals surface area contributed by atoms with E-state index in [9.17, 15) is 9.59 Å². The maximum absolute atomic E-state index is 11.6. The normalized spacial score (nSPS) is 12.9. The van der Waals surface area contributed by atoms with Crippen LogP contribution in [0.25, 0.3) is 0 Å². The molecule has 0 saturated heterocycles. The first kappa shape index (κ1) is 13.4. The Labute approximate surface area is 115 Å². The molecule has 0 unspecified atom stereocenters. The Balaban J connectivity index is 2.26. The topological polar surface area (TPSA) is 67.4 Å².